The molecule has 0 fully saturated rings. The number of nitrogens with one attached hydrogen (secondary N) is 3. The summed E-state index contributed by atoms with van der Waals surface area (Å²) in [6.07, 6.45) is 3.81. The van der Waals surface area contributed by atoms with Gasteiger partial charge in [0, 0.05) is 12.1 Å². The van der Waals surface area contributed by atoms with Gasteiger partial charge in [-0.1, -0.05) is 78.0 Å². The van der Waals surface area contributed by atoms with Gasteiger partial charge in [0.2, 0.25) is 11.8 Å². The summed E-state index contributed by atoms with van der Waals surface area (Å²) in [6.45, 7) is 12.0. The van der Waals surface area contributed by atoms with E-state index in [0.717, 1.165) is 5.56 Å². The number of alkyl carbamates (subject to hydrolysis) is 1. The maximum atomic E-state index is 13.2. The summed E-state index contributed by atoms with van der Waals surface area (Å²) >= 11 is 0. The van der Waals surface area contributed by atoms with Crippen LogP contribution in [-0.4, -0.2) is 36.0 Å². The third kappa shape index (κ3) is 12.9. The second-order valence-corrected chi connectivity index (χ2v) is 10.3. The van der Waals surface area contributed by atoms with E-state index in [1.54, 1.807) is 6.08 Å². The van der Waals surface area contributed by atoms with Crippen LogP contribution in [0.3, 0.4) is 0 Å². The molecule has 36 heavy (non-hydrogen) atoms. The van der Waals surface area contributed by atoms with Gasteiger partial charge in [0.25, 0.3) is 0 Å². The van der Waals surface area contributed by atoms with Gasteiger partial charge in [-0.15, -0.1) is 0 Å². The number of hydrogen-bond acceptors (Lipinski definition) is 5. The van der Waals surface area contributed by atoms with Crippen molar-refractivity contribution in [2.45, 2.75) is 85.5 Å². The van der Waals surface area contributed by atoms with Crippen molar-refractivity contribution in [2.75, 3.05) is 0 Å². The number of nitriles is 1. The van der Waals surface area contributed by atoms with E-state index in [-0.39, 0.29) is 30.4 Å². The standard InChI is InChI=1S/C28H42N4O4/c1-19(2)15-23(13-10-14-29)30-26(33)24(16-20(3)4)31-27(34)25(17-21(5)6)32-28(35)36-18-22-11-8-7-9-12-22/h7-13,19-21,23-25H,15-18H2,1-6H3,(H,30,33)(H,31,34)(H,32,35)/b13-10+/t23-,24+,25+/m1/s1. The Balaban J connectivity index is 2.90. The molecule has 3 amide bonds. The highest BCUT2D eigenvalue weighted by atomic mass is 16.5. The van der Waals surface area contributed by atoms with Crippen molar-refractivity contribution >= 4 is 17.9 Å². The molecule has 0 saturated heterocycles. The molecule has 3 N–H and O–H groups in total. The topological polar surface area (TPSA) is 120 Å². The minimum absolute atomic E-state index is 0.0918. The molecule has 0 saturated carbocycles. The number of hydrogen-bond donors (Lipinski definition) is 3. The van der Waals surface area contributed by atoms with Crippen LogP contribution in [0.4, 0.5) is 4.79 Å². The average Bonchev–Trinajstić information content (AvgIpc) is 2.80. The second kappa shape index (κ2) is 16.4. The SMILES string of the molecule is CC(C)C[C@@H](/C=C/C#N)NC(=O)[C@H](CC(C)C)NC(=O)[C@H](CC(C)C)NC(=O)OCc1ccccc1. The van der Waals surface area contributed by atoms with E-state index in [1.165, 1.54) is 6.08 Å². The van der Waals surface area contributed by atoms with Crippen molar-refractivity contribution in [3.05, 3.63) is 48.0 Å². The lowest BCUT2D eigenvalue weighted by Gasteiger charge is -2.26. The zero-order valence-corrected chi connectivity index (χ0v) is 22.4. The van der Waals surface area contributed by atoms with Crippen LogP contribution in [-0.2, 0) is 20.9 Å². The number of rotatable bonds is 14. The summed E-state index contributed by atoms with van der Waals surface area (Å²) in [5.74, 6) is -0.182. The quantitative estimate of drug-likeness (QED) is 0.327. The van der Waals surface area contributed by atoms with Crippen molar-refractivity contribution in [3.63, 3.8) is 0 Å². The van der Waals surface area contributed by atoms with E-state index in [9.17, 15) is 14.4 Å². The molecule has 0 aliphatic heterocycles. The van der Waals surface area contributed by atoms with E-state index in [4.69, 9.17) is 10.00 Å². The van der Waals surface area contributed by atoms with Gasteiger partial charge in [-0.05, 0) is 42.6 Å². The van der Waals surface area contributed by atoms with E-state index in [1.807, 2.05) is 77.9 Å². The second-order valence-electron chi connectivity index (χ2n) is 10.3. The molecule has 0 aromatic heterocycles. The summed E-state index contributed by atoms with van der Waals surface area (Å²) in [5.41, 5.74) is 0.840. The molecule has 8 heteroatoms. The Morgan fingerprint density at radius 2 is 1.36 bits per heavy atom. The number of ether oxygens (including phenoxy) is 1. The first-order chi connectivity index (χ1) is 17.0. The summed E-state index contributed by atoms with van der Waals surface area (Å²) < 4.78 is 5.29. The first-order valence-corrected chi connectivity index (χ1v) is 12.7. The number of carbonyl (C=O) groups excluding carboxylic acids is 3. The fourth-order valence-electron chi connectivity index (χ4n) is 3.72. The predicted octanol–water partition coefficient (Wildman–Crippen LogP) is 4.47. The molecule has 0 bridgehead atoms. The van der Waals surface area contributed by atoms with Gasteiger partial charge in [-0.25, -0.2) is 4.79 Å². The van der Waals surface area contributed by atoms with Crippen molar-refractivity contribution in [3.8, 4) is 6.07 Å². The van der Waals surface area contributed by atoms with Crippen molar-refractivity contribution in [2.24, 2.45) is 17.8 Å². The Bertz CT molecular complexity index is 891. The number of allylic oxidation sites excluding steroid dienone is 1. The monoisotopic (exact) mass is 498 g/mol. The summed E-state index contributed by atoms with van der Waals surface area (Å²) in [5, 5.41) is 17.3. The van der Waals surface area contributed by atoms with Crippen molar-refractivity contribution in [1.82, 2.24) is 16.0 Å². The highest BCUT2D eigenvalue weighted by molar-refractivity contribution is 5.91. The zero-order valence-electron chi connectivity index (χ0n) is 22.4. The van der Waals surface area contributed by atoms with Crippen LogP contribution in [0.2, 0.25) is 0 Å². The van der Waals surface area contributed by atoms with Gasteiger partial charge in [0.15, 0.2) is 0 Å². The van der Waals surface area contributed by atoms with Gasteiger partial charge < -0.3 is 20.7 Å². The first-order valence-electron chi connectivity index (χ1n) is 12.7. The molecule has 0 aliphatic carbocycles. The Morgan fingerprint density at radius 3 is 1.89 bits per heavy atom. The maximum Gasteiger partial charge on any atom is 0.408 e. The lowest BCUT2D eigenvalue weighted by atomic mass is 9.99. The van der Waals surface area contributed by atoms with Gasteiger partial charge in [0.1, 0.15) is 18.7 Å². The molecule has 0 spiro atoms. The maximum absolute atomic E-state index is 13.2. The lowest BCUT2D eigenvalue weighted by molar-refractivity contribution is -0.130. The Morgan fingerprint density at radius 1 is 0.833 bits per heavy atom. The van der Waals surface area contributed by atoms with Gasteiger partial charge in [-0.3, -0.25) is 9.59 Å². The fourth-order valence-corrected chi connectivity index (χ4v) is 3.72. The molecule has 3 atom stereocenters. The lowest BCUT2D eigenvalue weighted by Crippen LogP contribution is -2.55. The van der Waals surface area contributed by atoms with Gasteiger partial charge in [0.05, 0.1) is 6.07 Å². The highest BCUT2D eigenvalue weighted by Crippen LogP contribution is 2.12. The Hall–Kier alpha value is -3.34. The first kappa shape index (κ1) is 30.7. The van der Waals surface area contributed by atoms with Crippen LogP contribution in [0, 0.1) is 29.1 Å². The van der Waals surface area contributed by atoms with Crippen LogP contribution >= 0.6 is 0 Å². The smallest absolute Gasteiger partial charge is 0.408 e. The number of amides is 3. The van der Waals surface area contributed by atoms with Gasteiger partial charge >= 0.3 is 6.09 Å². The normalized spacial score (nSPS) is 13.8. The molecule has 8 nitrogen and oxygen atoms in total. The molecule has 1 aromatic carbocycles. The molecular formula is C28H42N4O4. The summed E-state index contributed by atoms with van der Waals surface area (Å²) in [7, 11) is 0. The number of nitrogens with zero attached hydrogens (tertiary/aromatic N) is 1. The fraction of sp³-hybridized carbons (Fsp3) is 0.571. The largest absolute Gasteiger partial charge is 0.445 e. The minimum atomic E-state index is -0.847. The third-order valence-electron chi connectivity index (χ3n) is 5.32. The molecule has 0 radical (unpaired) electrons. The zero-order chi connectivity index (χ0) is 27.1. The van der Waals surface area contributed by atoms with Crippen LogP contribution in [0.15, 0.2) is 42.5 Å². The Kier molecular flexibility index (Phi) is 13.9. The van der Waals surface area contributed by atoms with Crippen molar-refractivity contribution < 1.29 is 19.1 Å². The number of benzene rings is 1. The van der Waals surface area contributed by atoms with Crippen LogP contribution in [0.5, 0.6) is 0 Å². The summed E-state index contributed by atoms with van der Waals surface area (Å²) in [6, 6.07) is 9.29. The molecule has 1 rings (SSSR count). The van der Waals surface area contributed by atoms with Crippen LogP contribution < -0.4 is 16.0 Å². The average molecular weight is 499 g/mol. The summed E-state index contributed by atoms with van der Waals surface area (Å²) in [4.78, 5) is 38.8. The minimum Gasteiger partial charge on any atom is -0.445 e. The molecule has 0 unspecified atom stereocenters. The molecular weight excluding hydrogens is 456 g/mol. The Labute approximate surface area is 215 Å². The molecule has 1 aromatic rings. The van der Waals surface area contributed by atoms with E-state index in [0.29, 0.717) is 25.2 Å². The predicted molar refractivity (Wildman–Crippen MR) is 141 cm³/mol. The van der Waals surface area contributed by atoms with E-state index in [2.05, 4.69) is 16.0 Å². The molecule has 0 heterocycles. The van der Waals surface area contributed by atoms with E-state index >= 15 is 0 Å². The number of carbonyl (C=O) groups is 3. The highest BCUT2D eigenvalue weighted by Gasteiger charge is 2.29. The van der Waals surface area contributed by atoms with Gasteiger partial charge in [-0.2, -0.15) is 5.26 Å². The van der Waals surface area contributed by atoms with Crippen molar-refractivity contribution in [1.29, 1.82) is 5.26 Å². The molecule has 0 aliphatic rings. The van der Waals surface area contributed by atoms with Crippen LogP contribution in [0.25, 0.3) is 0 Å². The van der Waals surface area contributed by atoms with E-state index < -0.39 is 24.1 Å². The van der Waals surface area contributed by atoms with Crippen LogP contribution in [0.1, 0.15) is 66.4 Å². The molecule has 198 valence electrons. The third-order valence-corrected chi connectivity index (χ3v) is 5.32.